The first-order chi connectivity index (χ1) is 31.7. The summed E-state index contributed by atoms with van der Waals surface area (Å²) >= 11 is 0. The molecule has 4 aliphatic carbocycles. The Hall–Kier alpha value is -6.88. The molecule has 324 valence electrons. The smallest absolute Gasteiger partial charge is 0.0974 e. The lowest BCUT2D eigenvalue weighted by molar-refractivity contribution is 0.561. The third-order valence-corrected chi connectivity index (χ3v) is 15.2. The van der Waals surface area contributed by atoms with E-state index in [0.717, 1.165) is 41.1 Å². The summed E-state index contributed by atoms with van der Waals surface area (Å²) in [4.78, 5) is 2.47. The fraction of sp³-hybridized carbons (Fsp3) is 0.231. The molecule has 1 nitrogen and oxygen atoms in total. The molecule has 7 aromatic carbocycles. The summed E-state index contributed by atoms with van der Waals surface area (Å²) < 4.78 is 0. The molecular formula is C65H59N. The van der Waals surface area contributed by atoms with E-state index in [-0.39, 0.29) is 21.7 Å². The fourth-order valence-electron chi connectivity index (χ4n) is 11.6. The van der Waals surface area contributed by atoms with Crippen LogP contribution < -0.4 is 4.90 Å². The second-order valence-corrected chi connectivity index (χ2v) is 21.6. The van der Waals surface area contributed by atoms with E-state index in [9.17, 15) is 0 Å². The van der Waals surface area contributed by atoms with Gasteiger partial charge in [0.1, 0.15) is 0 Å². The number of hydrogen-bond donors (Lipinski definition) is 0. The van der Waals surface area contributed by atoms with Crippen LogP contribution in [0.15, 0.2) is 193 Å². The molecule has 0 aromatic heterocycles. The lowest BCUT2D eigenvalue weighted by Crippen LogP contribution is -2.23. The summed E-state index contributed by atoms with van der Waals surface area (Å²) in [7, 11) is 0. The van der Waals surface area contributed by atoms with Gasteiger partial charge in [0.25, 0.3) is 0 Å². The zero-order valence-corrected chi connectivity index (χ0v) is 40.0. The highest BCUT2D eigenvalue weighted by atomic mass is 15.1. The van der Waals surface area contributed by atoms with Gasteiger partial charge in [-0.25, -0.2) is 0 Å². The van der Waals surface area contributed by atoms with E-state index in [1.807, 2.05) is 0 Å². The molecule has 0 spiro atoms. The van der Waals surface area contributed by atoms with E-state index in [2.05, 4.69) is 249 Å². The molecule has 0 N–H and O–H groups in total. The van der Waals surface area contributed by atoms with Crippen LogP contribution in [0.25, 0.3) is 38.6 Å². The van der Waals surface area contributed by atoms with Gasteiger partial charge in [-0.3, -0.25) is 0 Å². The van der Waals surface area contributed by atoms with Crippen molar-refractivity contribution in [1.29, 1.82) is 0 Å². The minimum atomic E-state index is -0.343. The van der Waals surface area contributed by atoms with E-state index in [4.69, 9.17) is 0 Å². The molecule has 7 aromatic rings. The van der Waals surface area contributed by atoms with Crippen molar-refractivity contribution in [2.45, 2.75) is 96.8 Å². The van der Waals surface area contributed by atoms with Gasteiger partial charge in [-0.2, -0.15) is 0 Å². The molecule has 0 saturated heterocycles. The van der Waals surface area contributed by atoms with Crippen LogP contribution in [0.5, 0.6) is 0 Å². The van der Waals surface area contributed by atoms with E-state index in [1.165, 1.54) is 83.1 Å². The molecule has 0 saturated carbocycles. The Morgan fingerprint density at radius 1 is 0.561 bits per heavy atom. The predicted molar refractivity (Wildman–Crippen MR) is 280 cm³/mol. The van der Waals surface area contributed by atoms with Crippen molar-refractivity contribution in [3.05, 3.63) is 243 Å². The molecule has 0 aliphatic heterocycles. The lowest BCUT2D eigenvalue weighted by atomic mass is 9.74. The quantitative estimate of drug-likeness (QED) is 0.151. The first-order valence-corrected chi connectivity index (χ1v) is 23.9. The van der Waals surface area contributed by atoms with Crippen LogP contribution >= 0.6 is 0 Å². The molecular weight excluding hydrogens is 795 g/mol. The Morgan fingerprint density at radius 2 is 1.24 bits per heavy atom. The highest BCUT2D eigenvalue weighted by Crippen LogP contribution is 2.59. The van der Waals surface area contributed by atoms with Crippen LogP contribution in [0.1, 0.15) is 125 Å². The summed E-state index contributed by atoms with van der Waals surface area (Å²) in [5.41, 5.74) is 30.2. The van der Waals surface area contributed by atoms with Crippen LogP contribution in [0.4, 0.5) is 11.4 Å². The first-order valence-electron chi connectivity index (χ1n) is 23.9. The Morgan fingerprint density at radius 3 is 2.00 bits per heavy atom. The van der Waals surface area contributed by atoms with Gasteiger partial charge in [0.15, 0.2) is 0 Å². The number of nitrogens with zero attached hydrogens (tertiary/aromatic N) is 1. The third-order valence-electron chi connectivity index (χ3n) is 15.2. The molecule has 0 bridgehead atoms. The Balaban J connectivity index is 1.18. The average Bonchev–Trinajstić information content (AvgIpc) is 3.72. The van der Waals surface area contributed by atoms with Gasteiger partial charge in [-0.1, -0.05) is 201 Å². The van der Waals surface area contributed by atoms with Crippen LogP contribution in [0.2, 0.25) is 0 Å². The van der Waals surface area contributed by atoms with Crippen molar-refractivity contribution in [3.8, 4) is 11.1 Å². The van der Waals surface area contributed by atoms with Crippen molar-refractivity contribution >= 4 is 38.9 Å². The minimum Gasteiger partial charge on any atom is -0.303 e. The van der Waals surface area contributed by atoms with Gasteiger partial charge in [0.2, 0.25) is 0 Å². The van der Waals surface area contributed by atoms with Crippen LogP contribution in [-0.4, -0.2) is 0 Å². The maximum atomic E-state index is 3.76. The molecule has 4 aliphatic rings. The Bertz CT molecular complexity index is 3370. The highest BCUT2D eigenvalue weighted by molar-refractivity contribution is 6.08. The second kappa shape index (κ2) is 15.1. The molecule has 66 heavy (non-hydrogen) atoms. The zero-order chi connectivity index (χ0) is 45.8. The monoisotopic (exact) mass is 853 g/mol. The van der Waals surface area contributed by atoms with Gasteiger partial charge in [0, 0.05) is 27.7 Å². The van der Waals surface area contributed by atoms with Crippen LogP contribution in [0.3, 0.4) is 0 Å². The molecule has 11 rings (SSSR count). The normalized spacial score (nSPS) is 18.0. The number of hydrogen-bond acceptors (Lipinski definition) is 1. The van der Waals surface area contributed by atoms with Crippen molar-refractivity contribution < 1.29 is 0 Å². The summed E-state index contributed by atoms with van der Waals surface area (Å²) in [6, 6.07) is 56.6. The topological polar surface area (TPSA) is 3.24 Å². The average molecular weight is 854 g/mol. The number of benzene rings is 7. The second-order valence-electron chi connectivity index (χ2n) is 21.6. The Labute approximate surface area is 392 Å². The van der Waals surface area contributed by atoms with Gasteiger partial charge >= 0.3 is 0 Å². The minimum absolute atomic E-state index is 0.0298. The van der Waals surface area contributed by atoms with Crippen molar-refractivity contribution in [2.24, 2.45) is 0 Å². The summed E-state index contributed by atoms with van der Waals surface area (Å²) in [6.45, 7) is 21.6. The zero-order valence-electron chi connectivity index (χ0n) is 40.0. The number of allylic oxidation sites excluding steroid dienone is 7. The van der Waals surface area contributed by atoms with E-state index in [0.29, 0.717) is 0 Å². The fourth-order valence-corrected chi connectivity index (χ4v) is 11.6. The third kappa shape index (κ3) is 6.44. The first kappa shape index (κ1) is 41.8. The molecule has 1 unspecified atom stereocenters. The summed E-state index contributed by atoms with van der Waals surface area (Å²) in [5.74, 6) is 0. The Kier molecular flexibility index (Phi) is 9.55. The van der Waals surface area contributed by atoms with Gasteiger partial charge < -0.3 is 4.90 Å². The molecule has 0 heterocycles. The maximum absolute atomic E-state index is 3.76. The largest absolute Gasteiger partial charge is 0.303 e. The molecule has 0 radical (unpaired) electrons. The van der Waals surface area contributed by atoms with Crippen molar-refractivity contribution in [2.75, 3.05) is 4.90 Å². The standard InChI is InChI=1S/C65H59N/c1-62(2,3)45-39-57(63(4,5)6)61-58(40-45)64(7,8)55-31-20-29-53(60(55)61)52-27-16-18-32-59(52)66(46-35-33-43(34-36-46)49-28-19-22-42-21-13-14-25-48(42)49)47-37-38-51-50-26-15-17-30-54(50)65(9,56(51)41-47)44-23-11-10-12-24-44/h10-19,21-28,30-33,35,37-41H,20,29H2,1-9H3. The SMILES string of the molecule is CC(C)(C)c1cc(C(C)(C)C)c2c(c1)C(C)(C)C1=CCCC(c3ccccc3N(C3=C=C=C(c4cccc5ccccc45)C=C3)c3ccc4c(c3)C(C)(c3ccccc3)c3ccccc3-4)=C12. The van der Waals surface area contributed by atoms with Crippen molar-refractivity contribution in [3.63, 3.8) is 0 Å². The van der Waals surface area contributed by atoms with Crippen LogP contribution in [-0.2, 0) is 21.7 Å². The lowest BCUT2D eigenvalue weighted by Gasteiger charge is -2.33. The highest BCUT2D eigenvalue weighted by Gasteiger charge is 2.45. The van der Waals surface area contributed by atoms with Crippen molar-refractivity contribution in [1.82, 2.24) is 0 Å². The summed E-state index contributed by atoms with van der Waals surface area (Å²) in [6.07, 6.45) is 9.02. The number of anilines is 2. The van der Waals surface area contributed by atoms with Gasteiger partial charge in [0.05, 0.1) is 11.4 Å². The number of rotatable bonds is 6. The molecule has 0 amide bonds. The van der Waals surface area contributed by atoms with Gasteiger partial charge in [-0.15, -0.1) is 0 Å². The molecule has 1 heteroatoms. The molecule has 0 fully saturated rings. The van der Waals surface area contributed by atoms with E-state index >= 15 is 0 Å². The molecule has 1 atom stereocenters. The summed E-state index contributed by atoms with van der Waals surface area (Å²) in [5, 5.41) is 2.44. The predicted octanol–water partition coefficient (Wildman–Crippen LogP) is 17.1. The maximum Gasteiger partial charge on any atom is 0.0974 e. The van der Waals surface area contributed by atoms with Crippen LogP contribution in [0, 0.1) is 0 Å². The van der Waals surface area contributed by atoms with E-state index in [1.54, 1.807) is 0 Å². The number of para-hydroxylation sites is 1. The van der Waals surface area contributed by atoms with E-state index < -0.39 is 0 Å². The number of fused-ring (bicyclic) bond motifs is 7. The van der Waals surface area contributed by atoms with Gasteiger partial charge in [-0.05, 0) is 150 Å².